The third-order valence-electron chi connectivity index (χ3n) is 2.95. The minimum Gasteiger partial charge on any atom is -0.330 e. The van der Waals surface area contributed by atoms with Crippen LogP contribution in [-0.2, 0) is 21.1 Å². The van der Waals surface area contributed by atoms with Crippen molar-refractivity contribution in [3.05, 3.63) is 23.8 Å². The highest BCUT2D eigenvalue weighted by Crippen LogP contribution is 2.26. The average molecular weight is 268 g/mol. The van der Waals surface area contributed by atoms with E-state index in [0.717, 1.165) is 5.56 Å². The fourth-order valence-electron chi connectivity index (χ4n) is 1.94. The first kappa shape index (κ1) is 13.0. The van der Waals surface area contributed by atoms with Gasteiger partial charge in [0.25, 0.3) is 0 Å². The van der Waals surface area contributed by atoms with Crippen LogP contribution in [-0.4, -0.2) is 26.6 Å². The molecule has 0 bridgehead atoms. The van der Waals surface area contributed by atoms with Crippen LogP contribution >= 0.6 is 0 Å². The number of aryl methyl sites for hydroxylation is 1. The smallest absolute Gasteiger partial charge is 0.224 e. The summed E-state index contributed by atoms with van der Waals surface area (Å²) in [6.07, 6.45) is 1.44. The number of amides is 1. The van der Waals surface area contributed by atoms with Crippen molar-refractivity contribution in [1.29, 1.82) is 0 Å². The normalized spacial score (nSPS) is 15.1. The van der Waals surface area contributed by atoms with E-state index in [1.807, 2.05) is 0 Å². The summed E-state index contributed by atoms with van der Waals surface area (Å²) in [5, 5.41) is 2.73. The summed E-state index contributed by atoms with van der Waals surface area (Å²) in [6, 6.07) is 4.85. The van der Waals surface area contributed by atoms with Crippen LogP contribution in [0.4, 0.5) is 5.69 Å². The van der Waals surface area contributed by atoms with Crippen molar-refractivity contribution in [3.63, 3.8) is 0 Å². The molecule has 0 aromatic heterocycles. The zero-order chi connectivity index (χ0) is 13.2. The van der Waals surface area contributed by atoms with Crippen molar-refractivity contribution >= 4 is 21.4 Å². The Morgan fingerprint density at radius 2 is 2.06 bits per heavy atom. The molecular weight excluding hydrogens is 252 g/mol. The summed E-state index contributed by atoms with van der Waals surface area (Å²) in [5.41, 5.74) is 6.92. The van der Waals surface area contributed by atoms with Gasteiger partial charge in [-0.15, -0.1) is 0 Å². The zero-order valence-corrected chi connectivity index (χ0v) is 10.8. The molecule has 1 aromatic carbocycles. The van der Waals surface area contributed by atoms with E-state index in [9.17, 15) is 13.2 Å². The Kier molecular flexibility index (Phi) is 3.68. The molecular formula is C12H16N2O3S. The second-order valence-corrected chi connectivity index (χ2v) is 6.44. The number of nitrogens with two attached hydrogens (primary N) is 1. The number of rotatable bonds is 4. The highest BCUT2D eigenvalue weighted by atomic mass is 32.2. The molecule has 2 rings (SSSR count). The predicted octanol–water partition coefficient (Wildman–Crippen LogP) is 0.694. The first-order chi connectivity index (χ1) is 8.53. The van der Waals surface area contributed by atoms with Crippen molar-refractivity contribution in [2.75, 3.05) is 17.6 Å². The molecule has 18 heavy (non-hydrogen) atoms. The van der Waals surface area contributed by atoms with E-state index in [-0.39, 0.29) is 11.7 Å². The van der Waals surface area contributed by atoms with Crippen molar-refractivity contribution in [2.45, 2.75) is 24.2 Å². The quantitative estimate of drug-likeness (QED) is 0.841. The summed E-state index contributed by atoms with van der Waals surface area (Å²) in [5.74, 6) is 0.0375. The van der Waals surface area contributed by atoms with Crippen LogP contribution in [0.15, 0.2) is 23.1 Å². The molecule has 1 aliphatic rings. The number of carbonyl (C=O) groups excluding carboxylic acids is 1. The lowest BCUT2D eigenvalue weighted by molar-refractivity contribution is -0.116. The second-order valence-electron chi connectivity index (χ2n) is 4.33. The average Bonchev–Trinajstić information content (AvgIpc) is 2.35. The molecule has 0 saturated carbocycles. The Bertz CT molecular complexity index is 567. The van der Waals surface area contributed by atoms with Gasteiger partial charge in [0.2, 0.25) is 5.91 Å². The Balaban J connectivity index is 2.29. The lowest BCUT2D eigenvalue weighted by atomic mass is 10.0. The molecule has 0 unspecified atom stereocenters. The van der Waals surface area contributed by atoms with E-state index in [4.69, 9.17) is 5.73 Å². The van der Waals surface area contributed by atoms with E-state index < -0.39 is 9.84 Å². The highest BCUT2D eigenvalue weighted by molar-refractivity contribution is 7.91. The van der Waals surface area contributed by atoms with Gasteiger partial charge in [0.05, 0.1) is 10.6 Å². The maximum absolute atomic E-state index is 12.0. The molecule has 0 radical (unpaired) electrons. The Labute approximate surface area is 106 Å². The minimum absolute atomic E-state index is 0.0266. The Morgan fingerprint density at radius 1 is 1.28 bits per heavy atom. The number of hydrogen-bond acceptors (Lipinski definition) is 4. The Morgan fingerprint density at radius 3 is 2.78 bits per heavy atom. The molecule has 6 heteroatoms. The van der Waals surface area contributed by atoms with Gasteiger partial charge in [0.1, 0.15) is 0 Å². The molecule has 0 fully saturated rings. The van der Waals surface area contributed by atoms with E-state index in [2.05, 4.69) is 5.32 Å². The third kappa shape index (κ3) is 2.70. The van der Waals surface area contributed by atoms with Crippen molar-refractivity contribution < 1.29 is 13.2 Å². The number of sulfone groups is 1. The molecule has 98 valence electrons. The summed E-state index contributed by atoms with van der Waals surface area (Å²) >= 11 is 0. The largest absolute Gasteiger partial charge is 0.330 e. The maximum atomic E-state index is 12.0. The first-order valence-corrected chi connectivity index (χ1v) is 7.54. The highest BCUT2D eigenvalue weighted by Gasteiger charge is 2.19. The molecule has 0 aliphatic carbocycles. The number of carbonyl (C=O) groups is 1. The molecule has 1 heterocycles. The van der Waals surface area contributed by atoms with Gasteiger partial charge in [-0.05, 0) is 43.1 Å². The molecule has 0 spiro atoms. The van der Waals surface area contributed by atoms with Gasteiger partial charge in [0.15, 0.2) is 9.84 Å². The first-order valence-electron chi connectivity index (χ1n) is 5.88. The molecule has 1 aromatic rings. The van der Waals surface area contributed by atoms with Crippen LogP contribution in [0.2, 0.25) is 0 Å². The zero-order valence-electron chi connectivity index (χ0n) is 9.98. The number of fused-ring (bicyclic) bond motifs is 1. The summed E-state index contributed by atoms with van der Waals surface area (Å²) in [4.78, 5) is 11.5. The summed E-state index contributed by atoms with van der Waals surface area (Å²) in [6.45, 7) is 0.361. The number of nitrogens with one attached hydrogen (secondary N) is 1. The van der Waals surface area contributed by atoms with Gasteiger partial charge < -0.3 is 11.1 Å². The lowest BCUT2D eigenvalue weighted by Gasteiger charge is -2.17. The third-order valence-corrected chi connectivity index (χ3v) is 4.75. The van der Waals surface area contributed by atoms with Gasteiger partial charge in [-0.1, -0.05) is 0 Å². The maximum Gasteiger partial charge on any atom is 0.224 e. The van der Waals surface area contributed by atoms with Crippen LogP contribution in [0.25, 0.3) is 0 Å². The van der Waals surface area contributed by atoms with Crippen LogP contribution in [0.1, 0.15) is 18.4 Å². The summed E-state index contributed by atoms with van der Waals surface area (Å²) < 4.78 is 24.0. The fraction of sp³-hybridized carbons (Fsp3) is 0.417. The fourth-order valence-corrected chi connectivity index (χ4v) is 3.32. The standard InChI is InChI=1S/C12H16N2O3S/c13-6-1-7-18(16,17)10-3-4-11-9(8-10)2-5-12(15)14-11/h3-4,8H,1-2,5-7,13H2,(H,14,15). The molecule has 0 saturated heterocycles. The molecule has 0 atom stereocenters. The topological polar surface area (TPSA) is 89.3 Å². The van der Waals surface area contributed by atoms with Crippen LogP contribution in [0.5, 0.6) is 0 Å². The van der Waals surface area contributed by atoms with Gasteiger partial charge >= 0.3 is 0 Å². The van der Waals surface area contributed by atoms with Gasteiger partial charge in [0, 0.05) is 12.1 Å². The molecule has 1 amide bonds. The molecule has 1 aliphatic heterocycles. The minimum atomic E-state index is -3.26. The van der Waals surface area contributed by atoms with Crippen molar-refractivity contribution in [3.8, 4) is 0 Å². The SMILES string of the molecule is NCCCS(=O)(=O)c1ccc2c(c1)CCC(=O)N2. The lowest BCUT2D eigenvalue weighted by Crippen LogP contribution is -2.19. The van der Waals surface area contributed by atoms with Crippen LogP contribution < -0.4 is 11.1 Å². The monoisotopic (exact) mass is 268 g/mol. The Hall–Kier alpha value is -1.40. The second kappa shape index (κ2) is 5.07. The molecule has 5 nitrogen and oxygen atoms in total. The van der Waals surface area contributed by atoms with Crippen molar-refractivity contribution in [1.82, 2.24) is 0 Å². The summed E-state index contributed by atoms with van der Waals surface area (Å²) in [7, 11) is -3.26. The predicted molar refractivity (Wildman–Crippen MR) is 69.1 cm³/mol. The van der Waals surface area contributed by atoms with Crippen LogP contribution in [0, 0.1) is 0 Å². The van der Waals surface area contributed by atoms with E-state index in [0.29, 0.717) is 36.4 Å². The molecule has 3 N–H and O–H groups in total. The van der Waals surface area contributed by atoms with Gasteiger partial charge in [-0.2, -0.15) is 0 Å². The van der Waals surface area contributed by atoms with Crippen molar-refractivity contribution in [2.24, 2.45) is 5.73 Å². The van der Waals surface area contributed by atoms with E-state index >= 15 is 0 Å². The number of hydrogen-bond donors (Lipinski definition) is 2. The van der Waals surface area contributed by atoms with E-state index in [1.165, 1.54) is 6.07 Å². The van der Waals surface area contributed by atoms with Gasteiger partial charge in [-0.25, -0.2) is 8.42 Å². The van der Waals surface area contributed by atoms with Crippen LogP contribution in [0.3, 0.4) is 0 Å². The number of benzene rings is 1. The van der Waals surface area contributed by atoms with Gasteiger partial charge in [-0.3, -0.25) is 4.79 Å². The number of anilines is 1. The van der Waals surface area contributed by atoms with E-state index in [1.54, 1.807) is 12.1 Å².